The molecule has 0 saturated heterocycles. The number of ether oxygens (including phenoxy) is 1. The van der Waals surface area contributed by atoms with Gasteiger partial charge in [0.1, 0.15) is 10.8 Å². The van der Waals surface area contributed by atoms with Crippen LogP contribution in [0.2, 0.25) is 5.02 Å². The van der Waals surface area contributed by atoms with Crippen LogP contribution in [0.25, 0.3) is 0 Å². The Balaban J connectivity index is 2.43. The van der Waals surface area contributed by atoms with Gasteiger partial charge in [0, 0.05) is 6.61 Å². The van der Waals surface area contributed by atoms with E-state index in [4.69, 9.17) is 32.9 Å². The van der Waals surface area contributed by atoms with Crippen molar-refractivity contribution in [3.63, 3.8) is 0 Å². The third-order valence-electron chi connectivity index (χ3n) is 2.78. The number of nitrogens with two attached hydrogens (primary N) is 2. The van der Waals surface area contributed by atoms with Crippen LogP contribution in [0.3, 0.4) is 0 Å². The van der Waals surface area contributed by atoms with E-state index >= 15 is 0 Å². The molecule has 0 saturated carbocycles. The van der Waals surface area contributed by atoms with Crippen molar-refractivity contribution in [1.82, 2.24) is 0 Å². The summed E-state index contributed by atoms with van der Waals surface area (Å²) in [5.74, 6) is -0.564. The number of rotatable bonds is 4. The lowest BCUT2D eigenvalue weighted by atomic mass is 10.1. The van der Waals surface area contributed by atoms with E-state index in [2.05, 4.69) is 0 Å². The Morgan fingerprint density at radius 2 is 1.90 bits per heavy atom. The van der Waals surface area contributed by atoms with Gasteiger partial charge in [-0.2, -0.15) is 0 Å². The first kappa shape index (κ1) is 14.4. The molecule has 0 fully saturated rings. The largest absolute Gasteiger partial charge is 0.452 e. The molecule has 0 spiro atoms. The van der Waals surface area contributed by atoms with E-state index in [1.165, 1.54) is 6.07 Å². The van der Waals surface area contributed by atoms with Crippen LogP contribution >= 0.6 is 11.6 Å². The zero-order valence-electron chi connectivity index (χ0n) is 10.6. The van der Waals surface area contributed by atoms with Gasteiger partial charge < -0.3 is 21.3 Å². The van der Waals surface area contributed by atoms with Gasteiger partial charge in [0.15, 0.2) is 11.6 Å². The predicted octanol–water partition coefficient (Wildman–Crippen LogP) is 2.97. The van der Waals surface area contributed by atoms with Crippen LogP contribution in [-0.4, -0.2) is 11.7 Å². The molecule has 4 nitrogen and oxygen atoms in total. The minimum Gasteiger partial charge on any atom is -0.452 e. The molecule has 106 valence electrons. The predicted molar refractivity (Wildman–Crippen MR) is 77.5 cm³/mol. The Morgan fingerprint density at radius 3 is 2.60 bits per heavy atom. The summed E-state index contributed by atoms with van der Waals surface area (Å²) in [6.07, 6.45) is 0.389. The second-order valence-corrected chi connectivity index (χ2v) is 4.57. The molecule has 6 heteroatoms. The minimum absolute atomic E-state index is 0.0408. The van der Waals surface area contributed by atoms with Crippen LogP contribution in [0.1, 0.15) is 5.56 Å². The van der Waals surface area contributed by atoms with E-state index in [9.17, 15) is 4.39 Å². The van der Waals surface area contributed by atoms with Crippen LogP contribution in [-0.2, 0) is 6.42 Å². The highest BCUT2D eigenvalue weighted by Crippen LogP contribution is 2.38. The zero-order chi connectivity index (χ0) is 14.7. The van der Waals surface area contributed by atoms with Crippen LogP contribution in [0.4, 0.5) is 15.8 Å². The smallest absolute Gasteiger partial charge is 0.188 e. The van der Waals surface area contributed by atoms with Crippen molar-refractivity contribution in [2.45, 2.75) is 6.42 Å². The number of halogens is 2. The fraction of sp³-hybridized carbons (Fsp3) is 0.143. The van der Waals surface area contributed by atoms with Crippen molar-refractivity contribution in [3.8, 4) is 11.5 Å². The lowest BCUT2D eigenvalue weighted by Gasteiger charge is -2.14. The molecule has 2 aromatic rings. The van der Waals surface area contributed by atoms with E-state index in [0.29, 0.717) is 12.2 Å². The van der Waals surface area contributed by atoms with E-state index in [0.717, 1.165) is 5.56 Å². The minimum atomic E-state index is -0.803. The first-order valence-electron chi connectivity index (χ1n) is 5.94. The molecule has 5 N–H and O–H groups in total. The number of para-hydroxylation sites is 1. The number of hydrogen-bond acceptors (Lipinski definition) is 4. The van der Waals surface area contributed by atoms with E-state index in [1.54, 1.807) is 24.3 Å². The molecular weight excluding hydrogens is 283 g/mol. The van der Waals surface area contributed by atoms with Gasteiger partial charge in [0.2, 0.25) is 0 Å². The van der Waals surface area contributed by atoms with Gasteiger partial charge in [0.05, 0.1) is 11.4 Å². The summed E-state index contributed by atoms with van der Waals surface area (Å²) in [6.45, 7) is -0.0408. The Hall–Kier alpha value is -1.98. The van der Waals surface area contributed by atoms with Gasteiger partial charge in [-0.3, -0.25) is 0 Å². The molecule has 0 atom stereocenters. The summed E-state index contributed by atoms with van der Waals surface area (Å²) in [5.41, 5.74) is 12.1. The highest BCUT2D eigenvalue weighted by Gasteiger charge is 2.17. The summed E-state index contributed by atoms with van der Waals surface area (Å²) in [5, 5.41) is 8.78. The second kappa shape index (κ2) is 5.98. The highest BCUT2D eigenvalue weighted by atomic mass is 35.5. The van der Waals surface area contributed by atoms with Crippen molar-refractivity contribution in [2.75, 3.05) is 18.1 Å². The van der Waals surface area contributed by atoms with Gasteiger partial charge >= 0.3 is 0 Å². The summed E-state index contributed by atoms with van der Waals surface area (Å²) >= 11 is 5.75. The van der Waals surface area contributed by atoms with Crippen molar-refractivity contribution < 1.29 is 14.2 Å². The maximum Gasteiger partial charge on any atom is 0.188 e. The Morgan fingerprint density at radius 1 is 1.20 bits per heavy atom. The maximum atomic E-state index is 14.1. The van der Waals surface area contributed by atoms with E-state index in [1.807, 2.05) is 0 Å². The summed E-state index contributed by atoms with van der Waals surface area (Å²) < 4.78 is 19.6. The molecule has 0 aromatic heterocycles. The SMILES string of the molecule is Nc1cc(N)c(Oc2ccccc2CCO)c(F)c1Cl. The van der Waals surface area contributed by atoms with Gasteiger partial charge in [0.25, 0.3) is 0 Å². The third-order valence-corrected chi connectivity index (χ3v) is 3.17. The lowest BCUT2D eigenvalue weighted by molar-refractivity contribution is 0.297. The molecule has 0 amide bonds. The van der Waals surface area contributed by atoms with E-state index < -0.39 is 5.82 Å². The molecular formula is C14H14ClFN2O2. The molecule has 0 aliphatic carbocycles. The number of aliphatic hydroxyl groups excluding tert-OH is 1. The van der Waals surface area contributed by atoms with Gasteiger partial charge in [-0.25, -0.2) is 4.39 Å². The zero-order valence-corrected chi connectivity index (χ0v) is 11.3. The third kappa shape index (κ3) is 2.79. The average Bonchev–Trinajstić information content (AvgIpc) is 2.43. The van der Waals surface area contributed by atoms with Gasteiger partial charge in [-0.15, -0.1) is 0 Å². The van der Waals surface area contributed by atoms with Gasteiger partial charge in [-0.05, 0) is 24.1 Å². The molecule has 0 aliphatic rings. The average molecular weight is 297 g/mol. The first-order valence-corrected chi connectivity index (χ1v) is 6.32. The number of benzene rings is 2. The van der Waals surface area contributed by atoms with Crippen molar-refractivity contribution in [2.24, 2.45) is 0 Å². The molecule has 2 aromatic carbocycles. The van der Waals surface area contributed by atoms with E-state index in [-0.39, 0.29) is 28.8 Å². The standard InChI is InChI=1S/C14H14ClFN2O2/c15-12-9(17)7-10(18)14(13(12)16)20-11-4-2-1-3-8(11)5-6-19/h1-4,7,19H,5-6,17-18H2. The number of anilines is 2. The molecule has 2 rings (SSSR count). The molecule has 0 radical (unpaired) electrons. The number of aliphatic hydroxyl groups is 1. The summed E-state index contributed by atoms with van der Waals surface area (Å²) in [4.78, 5) is 0. The molecule has 0 aliphatic heterocycles. The van der Waals surface area contributed by atoms with Crippen molar-refractivity contribution in [3.05, 3.63) is 46.7 Å². The van der Waals surface area contributed by atoms with Crippen LogP contribution in [0.5, 0.6) is 11.5 Å². The fourth-order valence-electron chi connectivity index (χ4n) is 1.79. The Labute approximate surface area is 120 Å². The fourth-order valence-corrected chi connectivity index (χ4v) is 1.93. The Kier molecular flexibility index (Phi) is 4.32. The molecule has 0 heterocycles. The number of hydrogen-bond donors (Lipinski definition) is 3. The molecule has 0 bridgehead atoms. The maximum absolute atomic E-state index is 14.1. The molecule has 0 unspecified atom stereocenters. The first-order chi connectivity index (χ1) is 9.54. The van der Waals surface area contributed by atoms with Crippen molar-refractivity contribution >= 4 is 23.0 Å². The summed E-state index contributed by atoms with van der Waals surface area (Å²) in [6, 6.07) is 8.32. The quantitative estimate of drug-likeness (QED) is 0.758. The highest BCUT2D eigenvalue weighted by molar-refractivity contribution is 6.33. The lowest BCUT2D eigenvalue weighted by Crippen LogP contribution is -2.01. The van der Waals surface area contributed by atoms with Crippen LogP contribution in [0.15, 0.2) is 30.3 Å². The van der Waals surface area contributed by atoms with Crippen LogP contribution in [0, 0.1) is 5.82 Å². The molecule has 20 heavy (non-hydrogen) atoms. The normalized spacial score (nSPS) is 10.6. The van der Waals surface area contributed by atoms with Crippen molar-refractivity contribution in [1.29, 1.82) is 0 Å². The van der Waals surface area contributed by atoms with Gasteiger partial charge in [-0.1, -0.05) is 29.8 Å². The number of nitrogen functional groups attached to an aromatic ring is 2. The second-order valence-electron chi connectivity index (χ2n) is 4.20. The topological polar surface area (TPSA) is 81.5 Å². The van der Waals surface area contributed by atoms with Crippen LogP contribution < -0.4 is 16.2 Å². The summed E-state index contributed by atoms with van der Waals surface area (Å²) in [7, 11) is 0. The Bertz CT molecular complexity index is 635. The monoisotopic (exact) mass is 296 g/mol.